The summed E-state index contributed by atoms with van der Waals surface area (Å²) in [6.07, 6.45) is 5.51. The quantitative estimate of drug-likeness (QED) is 0.888. The highest BCUT2D eigenvalue weighted by atomic mass is 35.5. The van der Waals surface area contributed by atoms with E-state index in [1.165, 1.54) is 31.2 Å². The fraction of sp³-hybridized carbons (Fsp3) is 0.625. The standard InChI is InChI=1S/C16H25ClN2/c1-12(18)16(14-8-5-9-15(17)10-14)19(2)11-13-6-3-4-7-13/h5,8-10,12-13,16H,3-4,6-7,11,18H2,1-2H3. The summed E-state index contributed by atoms with van der Waals surface area (Å²) in [7, 11) is 2.19. The Morgan fingerprint density at radius 2 is 2.05 bits per heavy atom. The van der Waals surface area contributed by atoms with E-state index in [1.807, 2.05) is 18.2 Å². The first kappa shape index (κ1) is 14.8. The number of nitrogens with two attached hydrogens (primary N) is 1. The lowest BCUT2D eigenvalue weighted by Gasteiger charge is -2.33. The molecule has 1 fully saturated rings. The largest absolute Gasteiger partial charge is 0.326 e. The molecule has 19 heavy (non-hydrogen) atoms. The molecule has 0 aliphatic heterocycles. The van der Waals surface area contributed by atoms with Crippen molar-refractivity contribution < 1.29 is 0 Å². The first-order valence-corrected chi connectivity index (χ1v) is 7.67. The van der Waals surface area contributed by atoms with Crippen molar-refractivity contribution in [3.8, 4) is 0 Å². The van der Waals surface area contributed by atoms with Gasteiger partial charge in [-0.3, -0.25) is 4.90 Å². The van der Waals surface area contributed by atoms with Crippen molar-refractivity contribution in [1.82, 2.24) is 4.90 Å². The van der Waals surface area contributed by atoms with Crippen LogP contribution < -0.4 is 5.73 Å². The van der Waals surface area contributed by atoms with Crippen LogP contribution in [0.15, 0.2) is 24.3 Å². The molecule has 0 heterocycles. The molecule has 1 aliphatic carbocycles. The van der Waals surface area contributed by atoms with E-state index in [1.54, 1.807) is 0 Å². The van der Waals surface area contributed by atoms with E-state index in [9.17, 15) is 0 Å². The molecule has 106 valence electrons. The van der Waals surface area contributed by atoms with Crippen molar-refractivity contribution in [2.75, 3.05) is 13.6 Å². The highest BCUT2D eigenvalue weighted by Crippen LogP contribution is 2.30. The first-order valence-electron chi connectivity index (χ1n) is 7.29. The summed E-state index contributed by atoms with van der Waals surface area (Å²) in [4.78, 5) is 2.41. The Kier molecular flexibility index (Phi) is 5.26. The molecule has 2 nitrogen and oxygen atoms in total. The van der Waals surface area contributed by atoms with Gasteiger partial charge in [0, 0.05) is 23.7 Å². The highest BCUT2D eigenvalue weighted by molar-refractivity contribution is 6.30. The molecule has 2 N–H and O–H groups in total. The van der Waals surface area contributed by atoms with Gasteiger partial charge in [-0.25, -0.2) is 0 Å². The number of likely N-dealkylation sites (N-methyl/N-ethyl adjacent to an activating group) is 1. The summed E-state index contributed by atoms with van der Waals surface area (Å²) < 4.78 is 0. The zero-order valence-electron chi connectivity index (χ0n) is 12.0. The number of halogens is 1. The zero-order valence-corrected chi connectivity index (χ0v) is 12.7. The van der Waals surface area contributed by atoms with Crippen LogP contribution in [0, 0.1) is 5.92 Å². The average molecular weight is 281 g/mol. The number of hydrogen-bond acceptors (Lipinski definition) is 2. The van der Waals surface area contributed by atoms with Crippen LogP contribution in [0.3, 0.4) is 0 Å². The summed E-state index contributed by atoms with van der Waals surface area (Å²) in [6, 6.07) is 8.45. The Bertz CT molecular complexity index is 399. The maximum Gasteiger partial charge on any atom is 0.0494 e. The van der Waals surface area contributed by atoms with Gasteiger partial charge in [-0.2, -0.15) is 0 Å². The predicted molar refractivity (Wildman–Crippen MR) is 82.4 cm³/mol. The van der Waals surface area contributed by atoms with Crippen molar-refractivity contribution in [2.24, 2.45) is 11.7 Å². The van der Waals surface area contributed by atoms with Gasteiger partial charge in [-0.1, -0.05) is 36.6 Å². The van der Waals surface area contributed by atoms with Crippen LogP contribution in [0.2, 0.25) is 5.02 Å². The average Bonchev–Trinajstić information content (AvgIpc) is 2.81. The third-order valence-electron chi connectivity index (χ3n) is 4.18. The minimum absolute atomic E-state index is 0.102. The minimum Gasteiger partial charge on any atom is -0.326 e. The van der Waals surface area contributed by atoms with Crippen LogP contribution in [-0.4, -0.2) is 24.5 Å². The second-order valence-corrected chi connectivity index (χ2v) is 6.39. The Balaban J connectivity index is 2.10. The number of benzene rings is 1. The van der Waals surface area contributed by atoms with Gasteiger partial charge in [-0.15, -0.1) is 0 Å². The lowest BCUT2D eigenvalue weighted by atomic mass is 9.98. The third-order valence-corrected chi connectivity index (χ3v) is 4.42. The summed E-state index contributed by atoms with van der Waals surface area (Å²) in [5.74, 6) is 0.838. The maximum absolute atomic E-state index is 6.21. The van der Waals surface area contributed by atoms with Gasteiger partial charge in [-0.05, 0) is 50.4 Å². The highest BCUT2D eigenvalue weighted by Gasteiger charge is 2.25. The SMILES string of the molecule is CC(N)C(c1cccc(Cl)c1)N(C)CC1CCCC1. The van der Waals surface area contributed by atoms with E-state index >= 15 is 0 Å². The van der Waals surface area contributed by atoms with E-state index in [0.29, 0.717) is 0 Å². The molecule has 2 unspecified atom stereocenters. The van der Waals surface area contributed by atoms with Crippen LogP contribution in [0.5, 0.6) is 0 Å². The number of hydrogen-bond donors (Lipinski definition) is 1. The number of rotatable bonds is 5. The maximum atomic E-state index is 6.21. The van der Waals surface area contributed by atoms with Gasteiger partial charge in [0.2, 0.25) is 0 Å². The molecule has 0 radical (unpaired) electrons. The molecule has 2 atom stereocenters. The van der Waals surface area contributed by atoms with Gasteiger partial charge in [0.15, 0.2) is 0 Å². The smallest absolute Gasteiger partial charge is 0.0494 e. The van der Waals surface area contributed by atoms with Crippen LogP contribution in [0.1, 0.15) is 44.2 Å². The topological polar surface area (TPSA) is 29.3 Å². The lowest BCUT2D eigenvalue weighted by molar-refractivity contribution is 0.188. The van der Waals surface area contributed by atoms with Crippen molar-refractivity contribution in [1.29, 1.82) is 0 Å². The molecular formula is C16H25ClN2. The monoisotopic (exact) mass is 280 g/mol. The Hall–Kier alpha value is -0.570. The molecule has 0 amide bonds. The van der Waals surface area contributed by atoms with Crippen LogP contribution in [0.4, 0.5) is 0 Å². The van der Waals surface area contributed by atoms with Crippen molar-refractivity contribution in [3.05, 3.63) is 34.9 Å². The normalized spacial score (nSPS) is 19.8. The molecule has 3 heteroatoms. The summed E-state index contributed by atoms with van der Waals surface area (Å²) in [6.45, 7) is 3.22. The first-order chi connectivity index (χ1) is 9.08. The van der Waals surface area contributed by atoms with Gasteiger partial charge < -0.3 is 5.73 Å². The van der Waals surface area contributed by atoms with Gasteiger partial charge in [0.25, 0.3) is 0 Å². The van der Waals surface area contributed by atoms with Crippen LogP contribution in [-0.2, 0) is 0 Å². The Labute approximate surface area is 121 Å². The fourth-order valence-electron chi connectivity index (χ4n) is 3.36. The molecule has 0 bridgehead atoms. The summed E-state index contributed by atoms with van der Waals surface area (Å²) >= 11 is 6.11. The van der Waals surface area contributed by atoms with Crippen molar-refractivity contribution in [2.45, 2.75) is 44.7 Å². The van der Waals surface area contributed by atoms with Crippen LogP contribution >= 0.6 is 11.6 Å². The van der Waals surface area contributed by atoms with Crippen molar-refractivity contribution >= 4 is 11.6 Å². The van der Waals surface area contributed by atoms with Crippen molar-refractivity contribution in [3.63, 3.8) is 0 Å². The summed E-state index contributed by atoms with van der Waals surface area (Å²) in [5.41, 5.74) is 7.43. The molecule has 1 saturated carbocycles. The Morgan fingerprint density at radius 3 is 2.63 bits per heavy atom. The molecule has 2 rings (SSSR count). The van der Waals surface area contributed by atoms with E-state index in [4.69, 9.17) is 17.3 Å². The zero-order chi connectivity index (χ0) is 13.8. The molecule has 1 aromatic rings. The Morgan fingerprint density at radius 1 is 1.37 bits per heavy atom. The molecule has 0 aromatic heterocycles. The van der Waals surface area contributed by atoms with E-state index < -0.39 is 0 Å². The lowest BCUT2D eigenvalue weighted by Crippen LogP contribution is -2.39. The van der Waals surface area contributed by atoms with Gasteiger partial charge in [0.1, 0.15) is 0 Å². The molecule has 1 aromatic carbocycles. The third kappa shape index (κ3) is 3.95. The molecule has 0 spiro atoms. The van der Waals surface area contributed by atoms with E-state index in [0.717, 1.165) is 17.5 Å². The summed E-state index contributed by atoms with van der Waals surface area (Å²) in [5, 5.41) is 0.789. The van der Waals surface area contributed by atoms with E-state index in [-0.39, 0.29) is 12.1 Å². The van der Waals surface area contributed by atoms with Gasteiger partial charge in [0.05, 0.1) is 0 Å². The second-order valence-electron chi connectivity index (χ2n) is 5.95. The predicted octanol–water partition coefficient (Wildman–Crippen LogP) is 3.85. The molecule has 1 aliphatic rings. The van der Waals surface area contributed by atoms with E-state index in [2.05, 4.69) is 24.9 Å². The molecule has 0 saturated heterocycles. The minimum atomic E-state index is 0.102. The van der Waals surface area contributed by atoms with Gasteiger partial charge >= 0.3 is 0 Å². The molecular weight excluding hydrogens is 256 g/mol. The number of nitrogens with zero attached hydrogens (tertiary/aromatic N) is 1. The second kappa shape index (κ2) is 6.74. The van der Waals surface area contributed by atoms with Crippen LogP contribution in [0.25, 0.3) is 0 Å². The fourth-order valence-corrected chi connectivity index (χ4v) is 3.56.